The van der Waals surface area contributed by atoms with Crippen molar-refractivity contribution in [2.75, 3.05) is 6.54 Å². The highest BCUT2D eigenvalue weighted by Crippen LogP contribution is 1.86. The maximum atomic E-state index is 11.3. The maximum Gasteiger partial charge on any atom is 0.241 e. The second-order valence-corrected chi connectivity index (χ2v) is 3.32. The van der Waals surface area contributed by atoms with Crippen molar-refractivity contribution in [3.05, 3.63) is 18.5 Å². The van der Waals surface area contributed by atoms with Gasteiger partial charge in [-0.25, -0.2) is 0 Å². The Kier molecular flexibility index (Phi) is 4.12. The third-order valence-corrected chi connectivity index (χ3v) is 1.79. The van der Waals surface area contributed by atoms with E-state index in [-0.39, 0.29) is 18.5 Å². The molecule has 5 nitrogen and oxygen atoms in total. The Morgan fingerprint density at radius 2 is 2.50 bits per heavy atom. The highest BCUT2D eigenvalue weighted by Gasteiger charge is 2.02. The van der Waals surface area contributed by atoms with Gasteiger partial charge < -0.3 is 11.1 Å². The Hall–Kier alpha value is -1.36. The molecule has 14 heavy (non-hydrogen) atoms. The number of carbonyl (C=O) groups excluding carboxylic acids is 1. The van der Waals surface area contributed by atoms with Crippen LogP contribution in [0.2, 0.25) is 0 Å². The molecule has 0 aliphatic carbocycles. The average molecular weight is 196 g/mol. The van der Waals surface area contributed by atoms with Gasteiger partial charge in [0.1, 0.15) is 6.54 Å². The molecule has 1 aromatic rings. The van der Waals surface area contributed by atoms with Crippen LogP contribution in [0.3, 0.4) is 0 Å². The van der Waals surface area contributed by atoms with Crippen LogP contribution >= 0.6 is 0 Å². The highest BCUT2D eigenvalue weighted by molar-refractivity contribution is 5.75. The van der Waals surface area contributed by atoms with Crippen LogP contribution in [0.1, 0.15) is 13.3 Å². The number of hydrogen-bond acceptors (Lipinski definition) is 3. The summed E-state index contributed by atoms with van der Waals surface area (Å²) in [6.07, 6.45) is 4.20. The summed E-state index contributed by atoms with van der Waals surface area (Å²) in [6, 6.07) is 1.91. The molecule has 1 rings (SSSR count). The molecule has 0 aliphatic heterocycles. The van der Waals surface area contributed by atoms with Gasteiger partial charge in [0.25, 0.3) is 0 Å². The van der Waals surface area contributed by atoms with E-state index in [4.69, 9.17) is 5.73 Å². The number of nitrogens with two attached hydrogens (primary N) is 1. The first-order chi connectivity index (χ1) is 6.68. The molecule has 0 bridgehead atoms. The summed E-state index contributed by atoms with van der Waals surface area (Å²) < 4.78 is 1.58. The van der Waals surface area contributed by atoms with Crippen LogP contribution in [0.5, 0.6) is 0 Å². The van der Waals surface area contributed by atoms with Gasteiger partial charge in [-0.3, -0.25) is 9.48 Å². The lowest BCUT2D eigenvalue weighted by Crippen LogP contribution is -2.31. The number of nitrogens with zero attached hydrogens (tertiary/aromatic N) is 2. The molecule has 1 atom stereocenters. The zero-order chi connectivity index (χ0) is 10.4. The Balaban J connectivity index is 2.17. The first-order valence-electron chi connectivity index (χ1n) is 4.68. The average Bonchev–Trinajstić information content (AvgIpc) is 2.56. The summed E-state index contributed by atoms with van der Waals surface area (Å²) in [5.74, 6) is -0.0330. The van der Waals surface area contributed by atoms with E-state index < -0.39 is 0 Å². The smallest absolute Gasteiger partial charge is 0.241 e. The first-order valence-corrected chi connectivity index (χ1v) is 4.68. The van der Waals surface area contributed by atoms with E-state index in [1.54, 1.807) is 23.1 Å². The van der Waals surface area contributed by atoms with E-state index in [0.717, 1.165) is 6.42 Å². The standard InChI is InChI=1S/C9H16N4O/c1-8(10)3-5-11-9(14)7-13-6-2-4-12-13/h2,4,6,8H,3,5,7,10H2,1H3,(H,11,14). The predicted octanol–water partition coefficient (Wildman–Crippen LogP) is -0.263. The lowest BCUT2D eigenvalue weighted by molar-refractivity contribution is -0.121. The zero-order valence-corrected chi connectivity index (χ0v) is 8.31. The number of carbonyl (C=O) groups is 1. The summed E-state index contributed by atoms with van der Waals surface area (Å²) >= 11 is 0. The molecule has 0 fully saturated rings. The first kappa shape index (κ1) is 10.7. The van der Waals surface area contributed by atoms with E-state index in [0.29, 0.717) is 6.54 Å². The Morgan fingerprint density at radius 3 is 3.07 bits per heavy atom. The molecule has 0 radical (unpaired) electrons. The number of aromatic nitrogens is 2. The predicted molar refractivity (Wildman–Crippen MR) is 53.5 cm³/mol. The fraction of sp³-hybridized carbons (Fsp3) is 0.556. The fourth-order valence-corrected chi connectivity index (χ4v) is 1.04. The summed E-state index contributed by atoms with van der Waals surface area (Å²) in [5.41, 5.74) is 5.55. The van der Waals surface area contributed by atoms with E-state index >= 15 is 0 Å². The number of amides is 1. The van der Waals surface area contributed by atoms with Gasteiger partial charge in [0.05, 0.1) is 0 Å². The molecule has 1 amide bonds. The van der Waals surface area contributed by atoms with Crippen molar-refractivity contribution >= 4 is 5.91 Å². The number of rotatable bonds is 5. The number of hydrogen-bond donors (Lipinski definition) is 2. The number of nitrogens with one attached hydrogen (secondary N) is 1. The maximum absolute atomic E-state index is 11.3. The Morgan fingerprint density at radius 1 is 1.71 bits per heavy atom. The van der Waals surface area contributed by atoms with Gasteiger partial charge in [-0.2, -0.15) is 5.10 Å². The van der Waals surface area contributed by atoms with E-state index in [1.807, 2.05) is 6.92 Å². The van der Waals surface area contributed by atoms with Crippen LogP contribution in [-0.2, 0) is 11.3 Å². The molecule has 0 aliphatic rings. The fourth-order valence-electron chi connectivity index (χ4n) is 1.04. The summed E-state index contributed by atoms with van der Waals surface area (Å²) in [4.78, 5) is 11.3. The summed E-state index contributed by atoms with van der Waals surface area (Å²) in [6.45, 7) is 2.81. The Bertz CT molecular complexity index is 268. The van der Waals surface area contributed by atoms with Crippen molar-refractivity contribution < 1.29 is 4.79 Å². The van der Waals surface area contributed by atoms with Gasteiger partial charge in [0.15, 0.2) is 0 Å². The van der Waals surface area contributed by atoms with E-state index in [9.17, 15) is 4.79 Å². The van der Waals surface area contributed by atoms with Crippen LogP contribution in [0.25, 0.3) is 0 Å². The van der Waals surface area contributed by atoms with Crippen LogP contribution in [0.15, 0.2) is 18.5 Å². The van der Waals surface area contributed by atoms with Gasteiger partial charge >= 0.3 is 0 Å². The van der Waals surface area contributed by atoms with Crippen LogP contribution in [0, 0.1) is 0 Å². The van der Waals surface area contributed by atoms with Crippen LogP contribution in [-0.4, -0.2) is 28.3 Å². The normalized spacial score (nSPS) is 12.4. The lowest BCUT2D eigenvalue weighted by Gasteiger charge is -2.07. The second-order valence-electron chi connectivity index (χ2n) is 3.32. The van der Waals surface area contributed by atoms with Crippen LogP contribution < -0.4 is 11.1 Å². The minimum absolute atomic E-state index is 0.0330. The monoisotopic (exact) mass is 196 g/mol. The van der Waals surface area contributed by atoms with Gasteiger partial charge in [0, 0.05) is 25.0 Å². The summed E-state index contributed by atoms with van der Waals surface area (Å²) in [5, 5.41) is 6.70. The minimum Gasteiger partial charge on any atom is -0.354 e. The third kappa shape index (κ3) is 4.04. The molecule has 1 aromatic heterocycles. The molecule has 0 aromatic carbocycles. The van der Waals surface area contributed by atoms with Crippen molar-refractivity contribution in [2.24, 2.45) is 5.73 Å². The topological polar surface area (TPSA) is 72.9 Å². The zero-order valence-electron chi connectivity index (χ0n) is 8.31. The Labute approximate surface area is 83.3 Å². The van der Waals surface area contributed by atoms with E-state index in [2.05, 4.69) is 10.4 Å². The van der Waals surface area contributed by atoms with Crippen molar-refractivity contribution in [1.82, 2.24) is 15.1 Å². The molecule has 5 heteroatoms. The molecule has 1 heterocycles. The molecular formula is C9H16N4O. The molecule has 1 unspecified atom stereocenters. The highest BCUT2D eigenvalue weighted by atomic mass is 16.2. The van der Waals surface area contributed by atoms with Crippen molar-refractivity contribution in [1.29, 1.82) is 0 Å². The van der Waals surface area contributed by atoms with E-state index in [1.165, 1.54) is 0 Å². The minimum atomic E-state index is -0.0330. The molecule has 0 saturated heterocycles. The van der Waals surface area contributed by atoms with Crippen LogP contribution in [0.4, 0.5) is 0 Å². The van der Waals surface area contributed by atoms with Gasteiger partial charge in [0.2, 0.25) is 5.91 Å². The molecular weight excluding hydrogens is 180 g/mol. The molecule has 3 N–H and O–H groups in total. The molecule has 78 valence electrons. The largest absolute Gasteiger partial charge is 0.354 e. The van der Waals surface area contributed by atoms with Crippen molar-refractivity contribution in [3.8, 4) is 0 Å². The van der Waals surface area contributed by atoms with Crippen molar-refractivity contribution in [3.63, 3.8) is 0 Å². The van der Waals surface area contributed by atoms with Gasteiger partial charge in [-0.05, 0) is 19.4 Å². The van der Waals surface area contributed by atoms with Crippen molar-refractivity contribution in [2.45, 2.75) is 25.9 Å². The lowest BCUT2D eigenvalue weighted by atomic mass is 10.2. The summed E-state index contributed by atoms with van der Waals surface area (Å²) in [7, 11) is 0. The second kappa shape index (κ2) is 5.39. The SMILES string of the molecule is CC(N)CCNC(=O)Cn1cccn1. The van der Waals surface area contributed by atoms with Gasteiger partial charge in [-0.1, -0.05) is 0 Å². The molecule has 0 saturated carbocycles. The molecule has 0 spiro atoms. The quantitative estimate of drug-likeness (QED) is 0.681. The van der Waals surface area contributed by atoms with Gasteiger partial charge in [-0.15, -0.1) is 0 Å². The third-order valence-electron chi connectivity index (χ3n) is 1.79.